The van der Waals surface area contributed by atoms with Crippen LogP contribution >= 0.6 is 11.6 Å². The van der Waals surface area contributed by atoms with E-state index in [0.29, 0.717) is 5.69 Å². The highest BCUT2D eigenvalue weighted by Crippen LogP contribution is 2.26. The Morgan fingerprint density at radius 1 is 1.62 bits per heavy atom. The molecule has 0 N–H and O–H groups in total. The van der Waals surface area contributed by atoms with Crippen molar-refractivity contribution in [3.8, 4) is 6.07 Å². The standard InChI is InChI=1S/C8H5ClF2N2/c9-7-3-5(1-2-12)13-4-6(7)8(10)11/h3-4,8H,1H2. The monoisotopic (exact) mass is 202 g/mol. The van der Waals surface area contributed by atoms with Crippen molar-refractivity contribution in [3.05, 3.63) is 28.5 Å². The number of rotatable bonds is 2. The first-order valence-electron chi connectivity index (χ1n) is 3.44. The van der Waals surface area contributed by atoms with E-state index in [4.69, 9.17) is 16.9 Å². The zero-order chi connectivity index (χ0) is 9.84. The Hall–Kier alpha value is -1.21. The van der Waals surface area contributed by atoms with Crippen molar-refractivity contribution >= 4 is 11.6 Å². The molecule has 1 aromatic rings. The summed E-state index contributed by atoms with van der Waals surface area (Å²) in [7, 11) is 0. The molecule has 0 saturated heterocycles. The molecule has 0 atom stereocenters. The molecule has 0 aliphatic rings. The van der Waals surface area contributed by atoms with Crippen LogP contribution in [0.3, 0.4) is 0 Å². The van der Waals surface area contributed by atoms with Crippen LogP contribution in [0.25, 0.3) is 0 Å². The van der Waals surface area contributed by atoms with E-state index in [9.17, 15) is 8.78 Å². The van der Waals surface area contributed by atoms with Gasteiger partial charge in [0.2, 0.25) is 0 Å². The summed E-state index contributed by atoms with van der Waals surface area (Å²) in [6.07, 6.45) is -1.56. The fourth-order valence-electron chi connectivity index (χ4n) is 0.819. The van der Waals surface area contributed by atoms with Crippen LogP contribution in [0.5, 0.6) is 0 Å². The number of nitriles is 1. The average Bonchev–Trinajstić information content (AvgIpc) is 2.04. The molecule has 0 aliphatic carbocycles. The van der Waals surface area contributed by atoms with Gasteiger partial charge in [0.1, 0.15) is 0 Å². The quantitative estimate of drug-likeness (QED) is 0.740. The Bertz CT molecular complexity index is 346. The topological polar surface area (TPSA) is 36.7 Å². The summed E-state index contributed by atoms with van der Waals surface area (Å²) in [5, 5.41) is 8.26. The Kier molecular flexibility index (Phi) is 3.15. The van der Waals surface area contributed by atoms with Gasteiger partial charge >= 0.3 is 0 Å². The molecule has 0 unspecified atom stereocenters. The van der Waals surface area contributed by atoms with Gasteiger partial charge < -0.3 is 0 Å². The highest BCUT2D eigenvalue weighted by Gasteiger charge is 2.12. The van der Waals surface area contributed by atoms with Crippen molar-refractivity contribution in [2.75, 3.05) is 0 Å². The van der Waals surface area contributed by atoms with Crippen LogP contribution in [0, 0.1) is 11.3 Å². The molecule has 1 heterocycles. The van der Waals surface area contributed by atoms with Crippen LogP contribution in [-0.4, -0.2) is 4.98 Å². The molecule has 2 nitrogen and oxygen atoms in total. The summed E-state index contributed by atoms with van der Waals surface area (Å²) in [6, 6.07) is 3.14. The lowest BCUT2D eigenvalue weighted by molar-refractivity contribution is 0.151. The third-order valence-corrected chi connectivity index (χ3v) is 1.76. The third-order valence-electron chi connectivity index (χ3n) is 1.43. The zero-order valence-corrected chi connectivity index (χ0v) is 7.22. The van der Waals surface area contributed by atoms with E-state index in [1.54, 1.807) is 0 Å². The smallest absolute Gasteiger partial charge is 0.260 e. The molecule has 68 valence electrons. The van der Waals surface area contributed by atoms with Gasteiger partial charge in [0.05, 0.1) is 28.8 Å². The molecule has 0 amide bonds. The predicted octanol–water partition coefficient (Wildman–Crippen LogP) is 2.74. The van der Waals surface area contributed by atoms with E-state index >= 15 is 0 Å². The van der Waals surface area contributed by atoms with Crippen molar-refractivity contribution in [1.82, 2.24) is 4.98 Å². The highest BCUT2D eigenvalue weighted by atomic mass is 35.5. The largest absolute Gasteiger partial charge is 0.266 e. The van der Waals surface area contributed by atoms with E-state index in [2.05, 4.69) is 4.98 Å². The van der Waals surface area contributed by atoms with E-state index in [1.807, 2.05) is 6.07 Å². The highest BCUT2D eigenvalue weighted by molar-refractivity contribution is 6.31. The van der Waals surface area contributed by atoms with Crippen molar-refractivity contribution in [3.63, 3.8) is 0 Å². The first kappa shape index (κ1) is 9.87. The van der Waals surface area contributed by atoms with Crippen LogP contribution in [0.1, 0.15) is 17.7 Å². The second-order valence-corrected chi connectivity index (χ2v) is 2.74. The molecule has 1 aromatic heterocycles. The zero-order valence-electron chi connectivity index (χ0n) is 6.47. The van der Waals surface area contributed by atoms with Gasteiger partial charge in [0.15, 0.2) is 0 Å². The number of hydrogen-bond acceptors (Lipinski definition) is 2. The maximum Gasteiger partial charge on any atom is 0.266 e. The molecule has 0 spiro atoms. The minimum Gasteiger partial charge on any atom is -0.260 e. The second kappa shape index (κ2) is 4.15. The Balaban J connectivity index is 3.00. The predicted molar refractivity (Wildman–Crippen MR) is 43.5 cm³/mol. The van der Waals surface area contributed by atoms with Crippen molar-refractivity contribution in [1.29, 1.82) is 5.26 Å². The normalized spacial score (nSPS) is 10.1. The number of nitrogens with zero attached hydrogens (tertiary/aromatic N) is 2. The van der Waals surface area contributed by atoms with Gasteiger partial charge in [-0.15, -0.1) is 0 Å². The van der Waals surface area contributed by atoms with Gasteiger partial charge in [0.25, 0.3) is 6.43 Å². The summed E-state index contributed by atoms with van der Waals surface area (Å²) >= 11 is 5.53. The molecule has 0 bridgehead atoms. The Morgan fingerprint density at radius 2 is 2.31 bits per heavy atom. The lowest BCUT2D eigenvalue weighted by Crippen LogP contribution is -1.93. The summed E-state index contributed by atoms with van der Waals surface area (Å²) in [4.78, 5) is 3.66. The molecular formula is C8H5ClF2N2. The van der Waals surface area contributed by atoms with Crippen LogP contribution in [-0.2, 0) is 6.42 Å². The van der Waals surface area contributed by atoms with Gasteiger partial charge in [-0.3, -0.25) is 4.98 Å². The molecule has 0 fully saturated rings. The molecule has 5 heteroatoms. The second-order valence-electron chi connectivity index (χ2n) is 2.33. The van der Waals surface area contributed by atoms with E-state index < -0.39 is 6.43 Å². The first-order chi connectivity index (χ1) is 6.15. The van der Waals surface area contributed by atoms with E-state index in [0.717, 1.165) is 6.20 Å². The van der Waals surface area contributed by atoms with Crippen LogP contribution in [0.4, 0.5) is 8.78 Å². The average molecular weight is 203 g/mol. The molecule has 0 radical (unpaired) electrons. The number of pyridine rings is 1. The SMILES string of the molecule is N#CCc1cc(Cl)c(C(F)F)cn1. The maximum atomic E-state index is 12.2. The fourth-order valence-corrected chi connectivity index (χ4v) is 1.08. The molecule has 13 heavy (non-hydrogen) atoms. The van der Waals surface area contributed by atoms with Crippen LogP contribution in [0.2, 0.25) is 5.02 Å². The Labute approximate surface area is 78.8 Å². The maximum absolute atomic E-state index is 12.2. The lowest BCUT2D eigenvalue weighted by Gasteiger charge is -2.02. The lowest BCUT2D eigenvalue weighted by atomic mass is 10.2. The number of aromatic nitrogens is 1. The van der Waals surface area contributed by atoms with E-state index in [-0.39, 0.29) is 17.0 Å². The van der Waals surface area contributed by atoms with Gasteiger partial charge in [-0.05, 0) is 6.07 Å². The van der Waals surface area contributed by atoms with Gasteiger partial charge in [-0.25, -0.2) is 8.78 Å². The van der Waals surface area contributed by atoms with Gasteiger partial charge in [0, 0.05) is 6.20 Å². The summed E-state index contributed by atoms with van der Waals surface area (Å²) in [6.45, 7) is 0. The molecule has 0 saturated carbocycles. The molecular weight excluding hydrogens is 198 g/mol. The molecule has 0 aliphatic heterocycles. The minimum absolute atomic E-state index is 0.0461. The number of hydrogen-bond donors (Lipinski definition) is 0. The molecule has 0 aromatic carbocycles. The molecule has 1 rings (SSSR count). The van der Waals surface area contributed by atoms with Gasteiger partial charge in [-0.2, -0.15) is 5.26 Å². The first-order valence-corrected chi connectivity index (χ1v) is 3.82. The Morgan fingerprint density at radius 3 is 2.77 bits per heavy atom. The van der Waals surface area contributed by atoms with Crippen molar-refractivity contribution in [2.45, 2.75) is 12.8 Å². The minimum atomic E-state index is -2.63. The van der Waals surface area contributed by atoms with Crippen LogP contribution < -0.4 is 0 Å². The number of halogens is 3. The summed E-state index contributed by atoms with van der Waals surface area (Å²) in [5.74, 6) is 0. The third kappa shape index (κ3) is 2.36. The fraction of sp³-hybridized carbons (Fsp3) is 0.250. The van der Waals surface area contributed by atoms with E-state index in [1.165, 1.54) is 6.07 Å². The van der Waals surface area contributed by atoms with Gasteiger partial charge in [-0.1, -0.05) is 11.6 Å². The van der Waals surface area contributed by atoms with Crippen LogP contribution in [0.15, 0.2) is 12.3 Å². The van der Waals surface area contributed by atoms with Crippen molar-refractivity contribution < 1.29 is 8.78 Å². The number of alkyl halides is 2. The summed E-state index contributed by atoms with van der Waals surface area (Å²) < 4.78 is 24.3. The summed E-state index contributed by atoms with van der Waals surface area (Å²) in [5.41, 5.74) is 0.0975. The van der Waals surface area contributed by atoms with Crippen molar-refractivity contribution in [2.24, 2.45) is 0 Å².